The molecule has 1 aromatic heterocycles. The molecule has 2 fully saturated rings. The first kappa shape index (κ1) is 32.9. The van der Waals surface area contributed by atoms with Gasteiger partial charge in [-0.25, -0.2) is 0 Å². The van der Waals surface area contributed by atoms with E-state index in [2.05, 4.69) is 57.4 Å². The standard InChI is InChI=1S/C37H50N4O4/c1-7-41(30-13-16-45-17-14-30)34-20-29(28-10-8-27(9-11-28)22-40-15-12-31(42)23-40)19-32(26(34)4)36(44)39-37(5,6)21-33-24(2)18-25(3)38-35(33)43/h8-11,18-20,30-31,42H,7,12-17,21-23H2,1-6H3,(H,38,43)(H,39,44)/t31-/m0/s1. The number of carbonyl (C=O) groups excluding carboxylic acids is 1. The zero-order valence-corrected chi connectivity index (χ0v) is 27.8. The topological polar surface area (TPSA) is 97.9 Å². The molecule has 3 heterocycles. The molecule has 2 aromatic carbocycles. The van der Waals surface area contributed by atoms with Crippen molar-refractivity contribution in [2.75, 3.05) is 37.7 Å². The molecule has 8 heteroatoms. The van der Waals surface area contributed by atoms with Gasteiger partial charge in [-0.3, -0.25) is 14.5 Å². The molecule has 242 valence electrons. The maximum absolute atomic E-state index is 14.1. The third-order valence-corrected chi connectivity index (χ3v) is 9.41. The average molecular weight is 615 g/mol. The summed E-state index contributed by atoms with van der Waals surface area (Å²) in [4.78, 5) is 34.6. The van der Waals surface area contributed by atoms with Crippen molar-refractivity contribution in [3.05, 3.63) is 86.3 Å². The maximum Gasteiger partial charge on any atom is 0.252 e. The van der Waals surface area contributed by atoms with E-state index < -0.39 is 5.54 Å². The van der Waals surface area contributed by atoms with Gasteiger partial charge in [-0.1, -0.05) is 24.3 Å². The molecule has 0 saturated carbocycles. The number of amides is 1. The van der Waals surface area contributed by atoms with Gasteiger partial charge < -0.3 is 25.0 Å². The molecule has 3 N–H and O–H groups in total. The summed E-state index contributed by atoms with van der Waals surface area (Å²) in [6.07, 6.45) is 2.93. The molecule has 1 amide bonds. The van der Waals surface area contributed by atoms with Crippen LogP contribution in [0.1, 0.15) is 78.3 Å². The highest BCUT2D eigenvalue weighted by molar-refractivity contribution is 5.99. The van der Waals surface area contributed by atoms with Crippen LogP contribution in [-0.2, 0) is 17.7 Å². The number of likely N-dealkylation sites (tertiary alicyclic amines) is 1. The minimum absolute atomic E-state index is 0.102. The molecular weight excluding hydrogens is 564 g/mol. The molecule has 0 radical (unpaired) electrons. The van der Waals surface area contributed by atoms with E-state index in [0.29, 0.717) is 23.6 Å². The van der Waals surface area contributed by atoms with Crippen molar-refractivity contribution in [1.82, 2.24) is 15.2 Å². The largest absolute Gasteiger partial charge is 0.392 e. The van der Waals surface area contributed by atoms with E-state index in [1.165, 1.54) is 5.56 Å². The number of β-amino-alcohol motifs (C(OH)–C–C–N with tert-alkyl or cyclic N) is 1. The van der Waals surface area contributed by atoms with Crippen LogP contribution in [0.4, 0.5) is 5.69 Å². The van der Waals surface area contributed by atoms with Crippen LogP contribution in [0.3, 0.4) is 0 Å². The van der Waals surface area contributed by atoms with Gasteiger partial charge in [-0.15, -0.1) is 0 Å². The van der Waals surface area contributed by atoms with Gasteiger partial charge in [0.15, 0.2) is 0 Å². The van der Waals surface area contributed by atoms with Crippen molar-refractivity contribution in [2.24, 2.45) is 0 Å². The molecule has 8 nitrogen and oxygen atoms in total. The second-order valence-electron chi connectivity index (χ2n) is 13.6. The molecule has 0 unspecified atom stereocenters. The number of hydrogen-bond donors (Lipinski definition) is 3. The number of hydrogen-bond acceptors (Lipinski definition) is 6. The smallest absolute Gasteiger partial charge is 0.252 e. The number of nitrogens with zero attached hydrogens (tertiary/aromatic N) is 2. The number of ether oxygens (including phenoxy) is 1. The third-order valence-electron chi connectivity index (χ3n) is 9.41. The Morgan fingerprint density at radius 3 is 2.40 bits per heavy atom. The molecule has 0 aliphatic carbocycles. The molecule has 3 aromatic rings. The Kier molecular flexibility index (Phi) is 10.2. The Morgan fingerprint density at radius 2 is 1.78 bits per heavy atom. The lowest BCUT2D eigenvalue weighted by Crippen LogP contribution is -2.46. The van der Waals surface area contributed by atoms with Crippen molar-refractivity contribution in [3.63, 3.8) is 0 Å². The van der Waals surface area contributed by atoms with Crippen LogP contribution in [-0.4, -0.2) is 71.4 Å². The highest BCUT2D eigenvalue weighted by Gasteiger charge is 2.28. The van der Waals surface area contributed by atoms with Crippen molar-refractivity contribution in [2.45, 2.75) is 91.5 Å². The number of pyridine rings is 1. The summed E-state index contributed by atoms with van der Waals surface area (Å²) in [6, 6.07) is 15.1. The fraction of sp³-hybridized carbons (Fsp3) is 0.514. The van der Waals surface area contributed by atoms with Crippen molar-refractivity contribution >= 4 is 11.6 Å². The fourth-order valence-corrected chi connectivity index (χ4v) is 7.00. The van der Waals surface area contributed by atoms with E-state index in [9.17, 15) is 14.7 Å². The molecule has 45 heavy (non-hydrogen) atoms. The SMILES string of the molecule is CCN(c1cc(-c2ccc(CN3CC[C@H](O)C3)cc2)cc(C(=O)NC(C)(C)Cc2c(C)cc(C)[nH]c2=O)c1C)C1CCOCC1. The number of anilines is 1. The average Bonchev–Trinajstić information content (AvgIpc) is 3.41. The normalized spacial score (nSPS) is 17.9. The number of aryl methyl sites for hydroxylation is 2. The number of aromatic nitrogens is 1. The van der Waals surface area contributed by atoms with E-state index in [4.69, 9.17) is 4.74 Å². The van der Waals surface area contributed by atoms with E-state index in [-0.39, 0.29) is 17.6 Å². The number of aromatic amines is 1. The van der Waals surface area contributed by atoms with Crippen LogP contribution in [0.5, 0.6) is 0 Å². The fourth-order valence-electron chi connectivity index (χ4n) is 7.00. The molecule has 2 saturated heterocycles. The molecule has 5 rings (SSSR count). The van der Waals surface area contributed by atoms with Crippen molar-refractivity contribution in [3.8, 4) is 11.1 Å². The van der Waals surface area contributed by atoms with Gasteiger partial charge in [0.1, 0.15) is 0 Å². The van der Waals surface area contributed by atoms with Crippen LogP contribution < -0.4 is 15.8 Å². The van der Waals surface area contributed by atoms with Crippen LogP contribution in [0.2, 0.25) is 0 Å². The van der Waals surface area contributed by atoms with Crippen LogP contribution in [0.15, 0.2) is 47.3 Å². The van der Waals surface area contributed by atoms with Crippen LogP contribution in [0.25, 0.3) is 11.1 Å². The number of carbonyl (C=O) groups is 1. The predicted octanol–water partition coefficient (Wildman–Crippen LogP) is 5.29. The van der Waals surface area contributed by atoms with Gasteiger partial charge in [-0.05, 0) is 107 Å². The molecule has 2 aliphatic rings. The summed E-state index contributed by atoms with van der Waals surface area (Å²) in [5.74, 6) is -0.144. The number of benzene rings is 2. The lowest BCUT2D eigenvalue weighted by molar-refractivity contribution is 0.0845. The lowest BCUT2D eigenvalue weighted by atomic mass is 9.91. The Labute approximate surface area is 267 Å². The van der Waals surface area contributed by atoms with Crippen LogP contribution in [0, 0.1) is 20.8 Å². The van der Waals surface area contributed by atoms with Gasteiger partial charge in [0.2, 0.25) is 0 Å². The number of rotatable bonds is 10. The number of aliphatic hydroxyl groups excluding tert-OH is 1. The number of H-pyrrole nitrogens is 1. The van der Waals surface area contributed by atoms with E-state index >= 15 is 0 Å². The Hall–Kier alpha value is -3.46. The minimum Gasteiger partial charge on any atom is -0.392 e. The summed E-state index contributed by atoms with van der Waals surface area (Å²) in [5, 5.41) is 13.2. The number of nitrogens with one attached hydrogen (secondary N) is 2. The quantitative estimate of drug-likeness (QED) is 0.287. The Morgan fingerprint density at radius 1 is 1.07 bits per heavy atom. The summed E-state index contributed by atoms with van der Waals surface area (Å²) in [7, 11) is 0. The molecule has 0 spiro atoms. The van der Waals surface area contributed by atoms with Gasteiger partial charge in [0.25, 0.3) is 11.5 Å². The number of aliphatic hydroxyl groups is 1. The first-order chi connectivity index (χ1) is 21.4. The first-order valence-electron chi connectivity index (χ1n) is 16.4. The monoisotopic (exact) mass is 614 g/mol. The highest BCUT2D eigenvalue weighted by atomic mass is 16.5. The van der Waals surface area contributed by atoms with E-state index in [1.54, 1.807) is 0 Å². The van der Waals surface area contributed by atoms with Gasteiger partial charge >= 0.3 is 0 Å². The summed E-state index contributed by atoms with van der Waals surface area (Å²) in [6.45, 7) is 16.8. The highest BCUT2D eigenvalue weighted by Crippen LogP contribution is 2.34. The van der Waals surface area contributed by atoms with Gasteiger partial charge in [0.05, 0.1) is 6.10 Å². The minimum atomic E-state index is -0.650. The first-order valence-corrected chi connectivity index (χ1v) is 16.4. The second kappa shape index (κ2) is 13.9. The van der Waals surface area contributed by atoms with Gasteiger partial charge in [0, 0.05) is 79.9 Å². The molecule has 1 atom stereocenters. The summed E-state index contributed by atoms with van der Waals surface area (Å²) < 4.78 is 5.67. The third kappa shape index (κ3) is 7.86. The Balaban J connectivity index is 1.47. The molecule has 2 aliphatic heterocycles. The lowest BCUT2D eigenvalue weighted by Gasteiger charge is -2.37. The molecular formula is C37H50N4O4. The summed E-state index contributed by atoms with van der Waals surface area (Å²) >= 11 is 0. The second-order valence-corrected chi connectivity index (χ2v) is 13.6. The Bertz CT molecular complexity index is 1560. The van der Waals surface area contributed by atoms with Crippen molar-refractivity contribution < 1.29 is 14.6 Å². The van der Waals surface area contributed by atoms with Crippen molar-refractivity contribution in [1.29, 1.82) is 0 Å². The van der Waals surface area contributed by atoms with Gasteiger partial charge in [-0.2, -0.15) is 0 Å². The zero-order chi connectivity index (χ0) is 32.3. The summed E-state index contributed by atoms with van der Waals surface area (Å²) in [5.41, 5.74) is 7.63. The van der Waals surface area contributed by atoms with Crippen LogP contribution >= 0.6 is 0 Å². The van der Waals surface area contributed by atoms with E-state index in [1.807, 2.05) is 46.8 Å². The van der Waals surface area contributed by atoms with E-state index in [0.717, 1.165) is 92.3 Å². The maximum atomic E-state index is 14.1. The predicted molar refractivity (Wildman–Crippen MR) is 181 cm³/mol. The molecule has 0 bridgehead atoms. The zero-order valence-electron chi connectivity index (χ0n) is 27.8.